The summed E-state index contributed by atoms with van der Waals surface area (Å²) in [6.07, 6.45) is 1.55. The van der Waals surface area contributed by atoms with Crippen molar-refractivity contribution in [2.45, 2.75) is 13.8 Å². The van der Waals surface area contributed by atoms with Crippen LogP contribution in [-0.4, -0.2) is 12.5 Å². The number of para-hydroxylation sites is 1. The van der Waals surface area contributed by atoms with Gasteiger partial charge < -0.3 is 10.1 Å². The monoisotopic (exact) mass is 398 g/mol. The molecule has 2 aromatic carbocycles. The van der Waals surface area contributed by atoms with E-state index in [4.69, 9.17) is 4.74 Å². The summed E-state index contributed by atoms with van der Waals surface area (Å²) in [4.78, 5) is 12.2. The van der Waals surface area contributed by atoms with Crippen LogP contribution >= 0.6 is 15.9 Å². The number of amides is 1. The van der Waals surface area contributed by atoms with Crippen LogP contribution in [0, 0.1) is 17.2 Å². The SMILES string of the molecule is CC(C)COc1ccc(/C=C(\C#N)C(=O)Nc2ccccc2)cc1Br. The molecule has 0 radical (unpaired) electrons. The minimum absolute atomic E-state index is 0.0339. The Morgan fingerprint density at radius 2 is 2.00 bits per heavy atom. The quantitative estimate of drug-likeness (QED) is 0.548. The van der Waals surface area contributed by atoms with E-state index in [1.54, 1.807) is 18.2 Å². The third-order valence-corrected chi connectivity index (χ3v) is 3.86. The van der Waals surface area contributed by atoms with Gasteiger partial charge in [-0.05, 0) is 57.8 Å². The molecule has 0 unspecified atom stereocenters. The molecule has 0 heterocycles. The zero-order valence-electron chi connectivity index (χ0n) is 14.1. The molecule has 2 rings (SSSR count). The number of nitriles is 1. The molecule has 1 N–H and O–H groups in total. The molecule has 0 saturated heterocycles. The van der Waals surface area contributed by atoms with E-state index < -0.39 is 5.91 Å². The van der Waals surface area contributed by atoms with Gasteiger partial charge in [0.1, 0.15) is 17.4 Å². The molecule has 0 spiro atoms. The summed E-state index contributed by atoms with van der Waals surface area (Å²) >= 11 is 3.46. The summed E-state index contributed by atoms with van der Waals surface area (Å²) in [5.41, 5.74) is 1.42. The maximum atomic E-state index is 12.2. The van der Waals surface area contributed by atoms with Crippen LogP contribution in [0.1, 0.15) is 19.4 Å². The number of hydrogen-bond acceptors (Lipinski definition) is 3. The molecule has 0 aliphatic heterocycles. The zero-order valence-corrected chi connectivity index (χ0v) is 15.7. The molecule has 0 fully saturated rings. The standard InChI is InChI=1S/C20H19BrN2O2/c1-14(2)13-25-19-9-8-15(11-18(19)21)10-16(12-22)20(24)23-17-6-4-3-5-7-17/h3-11,14H,13H2,1-2H3,(H,23,24)/b16-10+. The molecule has 5 heteroatoms. The van der Waals surface area contributed by atoms with Crippen LogP contribution in [0.25, 0.3) is 6.08 Å². The van der Waals surface area contributed by atoms with Gasteiger partial charge in [0, 0.05) is 5.69 Å². The summed E-state index contributed by atoms with van der Waals surface area (Å²) in [6, 6.07) is 16.4. The maximum Gasteiger partial charge on any atom is 0.266 e. The summed E-state index contributed by atoms with van der Waals surface area (Å²) in [6.45, 7) is 4.78. The first-order chi connectivity index (χ1) is 12.0. The Bertz CT molecular complexity index is 808. The highest BCUT2D eigenvalue weighted by atomic mass is 79.9. The topological polar surface area (TPSA) is 62.1 Å². The van der Waals surface area contributed by atoms with E-state index in [9.17, 15) is 10.1 Å². The average molecular weight is 399 g/mol. The molecule has 4 nitrogen and oxygen atoms in total. The van der Waals surface area contributed by atoms with Gasteiger partial charge in [-0.15, -0.1) is 0 Å². The molecule has 0 aromatic heterocycles. The normalized spacial score (nSPS) is 11.1. The first kappa shape index (κ1) is 18.8. The summed E-state index contributed by atoms with van der Waals surface area (Å²) in [7, 11) is 0. The van der Waals surface area contributed by atoms with E-state index in [1.165, 1.54) is 0 Å². The van der Waals surface area contributed by atoms with Crippen molar-refractivity contribution in [3.63, 3.8) is 0 Å². The number of hydrogen-bond donors (Lipinski definition) is 1. The summed E-state index contributed by atoms with van der Waals surface area (Å²) in [5.74, 6) is 0.724. The molecule has 25 heavy (non-hydrogen) atoms. The van der Waals surface area contributed by atoms with Crippen LogP contribution in [0.4, 0.5) is 5.69 Å². The van der Waals surface area contributed by atoms with Crippen molar-refractivity contribution in [2.75, 3.05) is 11.9 Å². The average Bonchev–Trinajstić information content (AvgIpc) is 2.59. The van der Waals surface area contributed by atoms with Crippen molar-refractivity contribution in [1.82, 2.24) is 0 Å². The summed E-state index contributed by atoms with van der Waals surface area (Å²) < 4.78 is 6.48. The van der Waals surface area contributed by atoms with Gasteiger partial charge in [-0.25, -0.2) is 0 Å². The third-order valence-electron chi connectivity index (χ3n) is 3.24. The largest absolute Gasteiger partial charge is 0.492 e. The highest BCUT2D eigenvalue weighted by molar-refractivity contribution is 9.10. The van der Waals surface area contributed by atoms with E-state index in [0.717, 1.165) is 15.8 Å². The second-order valence-corrected chi connectivity index (χ2v) is 6.74. The highest BCUT2D eigenvalue weighted by Crippen LogP contribution is 2.27. The van der Waals surface area contributed by atoms with Crippen molar-refractivity contribution in [2.24, 2.45) is 5.92 Å². The first-order valence-electron chi connectivity index (χ1n) is 7.90. The second kappa shape index (κ2) is 9.05. The number of nitrogens with one attached hydrogen (secondary N) is 1. The first-order valence-corrected chi connectivity index (χ1v) is 8.69. The minimum atomic E-state index is -0.440. The van der Waals surface area contributed by atoms with E-state index in [0.29, 0.717) is 18.2 Å². The van der Waals surface area contributed by atoms with Crippen molar-refractivity contribution < 1.29 is 9.53 Å². The number of benzene rings is 2. The van der Waals surface area contributed by atoms with Crippen LogP contribution in [-0.2, 0) is 4.79 Å². The number of carbonyl (C=O) groups excluding carboxylic acids is 1. The van der Waals surface area contributed by atoms with E-state index in [-0.39, 0.29) is 5.57 Å². The van der Waals surface area contributed by atoms with Gasteiger partial charge in [0.2, 0.25) is 0 Å². The zero-order chi connectivity index (χ0) is 18.2. The Kier molecular flexibility index (Phi) is 6.79. The fourth-order valence-electron chi connectivity index (χ4n) is 2.02. The number of nitrogens with zero attached hydrogens (tertiary/aromatic N) is 1. The van der Waals surface area contributed by atoms with E-state index >= 15 is 0 Å². The molecule has 1 amide bonds. The molecule has 2 aromatic rings. The van der Waals surface area contributed by atoms with Crippen LogP contribution in [0.15, 0.2) is 58.6 Å². The molecule has 0 saturated carbocycles. The lowest BCUT2D eigenvalue weighted by Crippen LogP contribution is -2.13. The number of anilines is 1. The van der Waals surface area contributed by atoms with Crippen LogP contribution in [0.3, 0.4) is 0 Å². The predicted molar refractivity (Wildman–Crippen MR) is 103 cm³/mol. The van der Waals surface area contributed by atoms with Crippen molar-refractivity contribution in [3.05, 3.63) is 64.1 Å². The fourth-order valence-corrected chi connectivity index (χ4v) is 2.53. The Morgan fingerprint density at radius 3 is 2.60 bits per heavy atom. The van der Waals surface area contributed by atoms with E-state index in [1.807, 2.05) is 42.5 Å². The number of ether oxygens (including phenoxy) is 1. The van der Waals surface area contributed by atoms with E-state index in [2.05, 4.69) is 35.1 Å². The lowest BCUT2D eigenvalue weighted by atomic mass is 10.1. The maximum absolute atomic E-state index is 12.2. The third kappa shape index (κ3) is 5.77. The lowest BCUT2D eigenvalue weighted by molar-refractivity contribution is -0.112. The summed E-state index contributed by atoms with van der Waals surface area (Å²) in [5, 5.41) is 12.0. The van der Waals surface area contributed by atoms with Gasteiger partial charge in [-0.1, -0.05) is 38.1 Å². The smallest absolute Gasteiger partial charge is 0.266 e. The number of carbonyl (C=O) groups is 1. The second-order valence-electron chi connectivity index (χ2n) is 5.88. The van der Waals surface area contributed by atoms with Crippen LogP contribution < -0.4 is 10.1 Å². The number of halogens is 1. The van der Waals surface area contributed by atoms with Crippen molar-refractivity contribution in [1.29, 1.82) is 5.26 Å². The molecular weight excluding hydrogens is 380 g/mol. The Hall–Kier alpha value is -2.58. The van der Waals surface area contributed by atoms with Gasteiger partial charge in [-0.2, -0.15) is 5.26 Å². The predicted octanol–water partition coefficient (Wildman–Crippen LogP) is 5.03. The molecular formula is C20H19BrN2O2. The van der Waals surface area contributed by atoms with Gasteiger partial charge in [0.25, 0.3) is 5.91 Å². The van der Waals surface area contributed by atoms with Gasteiger partial charge in [-0.3, -0.25) is 4.79 Å². The molecule has 0 atom stereocenters. The Balaban J connectivity index is 2.14. The fraction of sp³-hybridized carbons (Fsp3) is 0.200. The van der Waals surface area contributed by atoms with Gasteiger partial charge >= 0.3 is 0 Å². The van der Waals surface area contributed by atoms with Crippen molar-refractivity contribution in [3.8, 4) is 11.8 Å². The molecule has 0 bridgehead atoms. The van der Waals surface area contributed by atoms with Gasteiger partial charge in [0.15, 0.2) is 0 Å². The molecule has 128 valence electrons. The highest BCUT2D eigenvalue weighted by Gasteiger charge is 2.10. The molecule has 0 aliphatic carbocycles. The lowest BCUT2D eigenvalue weighted by Gasteiger charge is -2.11. The Labute approximate surface area is 156 Å². The number of rotatable bonds is 6. The van der Waals surface area contributed by atoms with Crippen LogP contribution in [0.5, 0.6) is 5.75 Å². The van der Waals surface area contributed by atoms with Gasteiger partial charge in [0.05, 0.1) is 11.1 Å². The molecule has 0 aliphatic rings. The van der Waals surface area contributed by atoms with Crippen LogP contribution in [0.2, 0.25) is 0 Å². The van der Waals surface area contributed by atoms with Crippen molar-refractivity contribution >= 4 is 33.6 Å². The minimum Gasteiger partial charge on any atom is -0.492 e. The Morgan fingerprint density at radius 1 is 1.28 bits per heavy atom.